The molecule has 0 unspecified atom stereocenters. The Morgan fingerprint density at radius 2 is 2.00 bits per heavy atom. The third kappa shape index (κ3) is 5.45. The summed E-state index contributed by atoms with van der Waals surface area (Å²) in [5.41, 5.74) is -1.01. The highest BCUT2D eigenvalue weighted by Gasteiger charge is 2.42. The summed E-state index contributed by atoms with van der Waals surface area (Å²) < 4.78 is 17.6. The van der Waals surface area contributed by atoms with Gasteiger partial charge in [-0.05, 0) is 42.4 Å². The minimum Gasteiger partial charge on any atom is -0.449 e. The number of carbonyl (C=O) groups is 1. The van der Waals surface area contributed by atoms with Crippen LogP contribution in [0.5, 0.6) is 0 Å². The van der Waals surface area contributed by atoms with Gasteiger partial charge in [0.05, 0.1) is 16.3 Å². The molecule has 1 aromatic rings. The molecule has 3 N–H and O–H groups in total. The fraction of sp³-hybridized carbons (Fsp3) is 0.722. The highest BCUT2D eigenvalue weighted by atomic mass is 127. The topological polar surface area (TPSA) is 132 Å². The van der Waals surface area contributed by atoms with Crippen LogP contribution in [-0.4, -0.2) is 64.5 Å². The Bertz CT molecular complexity index is 768. The van der Waals surface area contributed by atoms with Crippen molar-refractivity contribution in [3.8, 4) is 0 Å². The maximum Gasteiger partial charge on any atom is 0.412 e. The van der Waals surface area contributed by atoms with Gasteiger partial charge in [-0.2, -0.15) is 4.98 Å². The summed E-state index contributed by atoms with van der Waals surface area (Å²) in [6.07, 6.45) is -1.82. The quantitative estimate of drug-likeness (QED) is 0.435. The van der Waals surface area contributed by atoms with Gasteiger partial charge in [-0.1, -0.05) is 13.8 Å². The lowest BCUT2D eigenvalue weighted by Crippen LogP contribution is -2.36. The number of hydrogen-bond acceptors (Lipinski definition) is 8. The number of methoxy groups -OCH3 is 1. The summed E-state index contributed by atoms with van der Waals surface area (Å²) >= 11 is 1.90. The zero-order chi connectivity index (χ0) is 21.8. The van der Waals surface area contributed by atoms with Crippen LogP contribution in [0.2, 0.25) is 0 Å². The van der Waals surface area contributed by atoms with Gasteiger partial charge in [0, 0.05) is 18.7 Å². The number of hydrogen-bond donors (Lipinski definition) is 3. The summed E-state index contributed by atoms with van der Waals surface area (Å²) in [6.45, 7) is 6.24. The fourth-order valence-corrected chi connectivity index (χ4v) is 3.69. The predicted octanol–water partition coefficient (Wildman–Crippen LogP) is 1.49. The predicted molar refractivity (Wildman–Crippen MR) is 113 cm³/mol. The van der Waals surface area contributed by atoms with Crippen LogP contribution >= 0.6 is 22.6 Å². The van der Waals surface area contributed by atoms with Crippen LogP contribution in [0, 0.1) is 8.99 Å². The van der Waals surface area contributed by atoms with Crippen molar-refractivity contribution in [1.82, 2.24) is 9.55 Å². The van der Waals surface area contributed by atoms with Gasteiger partial charge < -0.3 is 24.4 Å². The maximum absolute atomic E-state index is 12.4. The Hall–Kier alpha value is -1.28. The molecule has 0 radical (unpaired) electrons. The van der Waals surface area contributed by atoms with Gasteiger partial charge in [0.25, 0.3) is 0 Å². The molecule has 0 aliphatic carbocycles. The normalized spacial score (nSPS) is 24.5. The molecular formula is C18H28IN3O7. The van der Waals surface area contributed by atoms with E-state index in [1.807, 2.05) is 36.4 Å². The van der Waals surface area contributed by atoms with E-state index in [0.717, 1.165) is 17.4 Å². The highest BCUT2D eigenvalue weighted by molar-refractivity contribution is 14.1. The molecule has 2 heterocycles. The van der Waals surface area contributed by atoms with E-state index in [-0.39, 0.29) is 17.8 Å². The van der Waals surface area contributed by atoms with Gasteiger partial charge in [-0.3, -0.25) is 9.88 Å². The van der Waals surface area contributed by atoms with Gasteiger partial charge in [-0.15, -0.1) is 0 Å². The smallest absolute Gasteiger partial charge is 0.412 e. The molecule has 11 heteroatoms. The molecule has 0 bridgehead atoms. The first-order valence-corrected chi connectivity index (χ1v) is 10.5. The molecule has 1 aliphatic rings. The molecule has 1 aliphatic heterocycles. The number of anilines is 1. The van der Waals surface area contributed by atoms with E-state index in [1.54, 1.807) is 14.0 Å². The van der Waals surface area contributed by atoms with E-state index < -0.39 is 36.3 Å². The number of aromatic nitrogens is 2. The lowest BCUT2D eigenvalue weighted by atomic mass is 9.84. The summed E-state index contributed by atoms with van der Waals surface area (Å²) in [5.74, 6) is 0.0447. The molecule has 10 nitrogen and oxygen atoms in total. The van der Waals surface area contributed by atoms with Crippen molar-refractivity contribution in [2.24, 2.45) is 5.41 Å². The van der Waals surface area contributed by atoms with Crippen molar-refractivity contribution < 1.29 is 29.2 Å². The van der Waals surface area contributed by atoms with Gasteiger partial charge in [-0.25, -0.2) is 9.59 Å². The van der Waals surface area contributed by atoms with E-state index in [0.29, 0.717) is 10.2 Å². The van der Waals surface area contributed by atoms with Crippen LogP contribution in [-0.2, 0) is 14.2 Å². The standard InChI is InChI=1S/C18H28IN3O7/c1-5-18(6-2,8-27-4)9-28-17(26)21-14-11(19)7-22(16(25)20-14)15-13(24)12(23)10(3)29-15/h7,10,12-13,15,23-24H,5-6,8-9H2,1-4H3,(H,20,21,25,26)/t10-,12-,13-,15-/m1/s1. The fourth-order valence-electron chi connectivity index (χ4n) is 3.13. The molecule has 4 atom stereocenters. The number of halogens is 1. The molecule has 0 saturated carbocycles. The van der Waals surface area contributed by atoms with Crippen molar-refractivity contribution in [3.05, 3.63) is 20.3 Å². The molecule has 1 aromatic heterocycles. The van der Waals surface area contributed by atoms with Crippen molar-refractivity contribution in [2.45, 2.75) is 58.2 Å². The van der Waals surface area contributed by atoms with E-state index >= 15 is 0 Å². The SMILES string of the molecule is CCC(CC)(COC)COC(=O)Nc1nc(=O)n([C@@H]2O[C@H](C)[C@@H](O)[C@H]2O)cc1I. The number of amides is 1. The molecule has 29 heavy (non-hydrogen) atoms. The third-order valence-corrected chi connectivity index (χ3v) is 6.13. The van der Waals surface area contributed by atoms with E-state index in [2.05, 4.69) is 10.3 Å². The Labute approximate surface area is 182 Å². The number of aliphatic hydroxyl groups is 2. The van der Waals surface area contributed by atoms with E-state index in [9.17, 15) is 19.8 Å². The second kappa shape index (κ2) is 10.2. The van der Waals surface area contributed by atoms with Gasteiger partial charge in [0.15, 0.2) is 12.0 Å². The Balaban J connectivity index is 2.09. The molecule has 0 spiro atoms. The van der Waals surface area contributed by atoms with Crippen LogP contribution in [0.3, 0.4) is 0 Å². The zero-order valence-electron chi connectivity index (χ0n) is 16.9. The average Bonchev–Trinajstić information content (AvgIpc) is 2.95. The molecule has 1 saturated heterocycles. The third-order valence-electron chi connectivity index (χ3n) is 5.34. The Morgan fingerprint density at radius 1 is 1.34 bits per heavy atom. The first-order valence-electron chi connectivity index (χ1n) is 9.41. The van der Waals surface area contributed by atoms with Crippen LogP contribution in [0.15, 0.2) is 11.0 Å². The second-order valence-electron chi connectivity index (χ2n) is 7.18. The second-order valence-corrected chi connectivity index (χ2v) is 8.34. The van der Waals surface area contributed by atoms with Crippen molar-refractivity contribution >= 4 is 34.5 Å². The molecule has 1 fully saturated rings. The Morgan fingerprint density at radius 3 is 2.52 bits per heavy atom. The summed E-state index contributed by atoms with van der Waals surface area (Å²) in [4.78, 5) is 28.4. The number of aliphatic hydroxyl groups excluding tert-OH is 2. The van der Waals surface area contributed by atoms with E-state index in [4.69, 9.17) is 14.2 Å². The minimum atomic E-state index is -1.26. The molecule has 2 rings (SSSR count). The molecule has 0 aromatic carbocycles. The van der Waals surface area contributed by atoms with Gasteiger partial charge in [0.1, 0.15) is 18.8 Å². The van der Waals surface area contributed by atoms with Crippen molar-refractivity contribution in [3.63, 3.8) is 0 Å². The first-order chi connectivity index (χ1) is 13.7. The van der Waals surface area contributed by atoms with Crippen LogP contribution in [0.25, 0.3) is 0 Å². The lowest BCUT2D eigenvalue weighted by Gasteiger charge is -2.30. The largest absolute Gasteiger partial charge is 0.449 e. The number of nitrogens with zero attached hydrogens (tertiary/aromatic N) is 2. The van der Waals surface area contributed by atoms with Gasteiger partial charge in [0.2, 0.25) is 0 Å². The molecule has 164 valence electrons. The average molecular weight is 525 g/mol. The molecular weight excluding hydrogens is 497 g/mol. The zero-order valence-corrected chi connectivity index (χ0v) is 19.1. The van der Waals surface area contributed by atoms with Gasteiger partial charge >= 0.3 is 11.8 Å². The van der Waals surface area contributed by atoms with E-state index in [1.165, 1.54) is 6.20 Å². The van der Waals surface area contributed by atoms with Crippen LogP contribution < -0.4 is 11.0 Å². The lowest BCUT2D eigenvalue weighted by molar-refractivity contribution is -0.0351. The minimum absolute atomic E-state index is 0.0447. The Kier molecular flexibility index (Phi) is 8.40. The first kappa shape index (κ1) is 24.0. The number of carbonyl (C=O) groups excluding carboxylic acids is 1. The highest BCUT2D eigenvalue weighted by Crippen LogP contribution is 2.29. The summed E-state index contributed by atoms with van der Waals surface area (Å²) in [6, 6.07) is 0. The van der Waals surface area contributed by atoms with Crippen molar-refractivity contribution in [1.29, 1.82) is 0 Å². The van der Waals surface area contributed by atoms with Crippen LogP contribution in [0.1, 0.15) is 39.8 Å². The monoisotopic (exact) mass is 525 g/mol. The summed E-state index contributed by atoms with van der Waals surface area (Å²) in [5, 5.41) is 22.4. The van der Waals surface area contributed by atoms with Crippen LogP contribution in [0.4, 0.5) is 10.6 Å². The molecule has 1 amide bonds. The van der Waals surface area contributed by atoms with Crippen molar-refractivity contribution in [2.75, 3.05) is 25.6 Å². The summed E-state index contributed by atoms with van der Waals surface area (Å²) in [7, 11) is 1.60. The maximum atomic E-state index is 12.4. The number of rotatable bonds is 8. The number of ether oxygens (including phenoxy) is 3. The number of nitrogens with one attached hydrogen (secondary N) is 1.